The summed E-state index contributed by atoms with van der Waals surface area (Å²) in [6.45, 7) is 1.30. The lowest BCUT2D eigenvalue weighted by atomic mass is 10.3. The van der Waals surface area contributed by atoms with Crippen molar-refractivity contribution >= 4 is 21.6 Å². The van der Waals surface area contributed by atoms with Crippen molar-refractivity contribution in [1.82, 2.24) is 0 Å². The molecule has 0 saturated heterocycles. The summed E-state index contributed by atoms with van der Waals surface area (Å²) in [5.74, 6) is -0.321. The molecule has 1 aromatic rings. The van der Waals surface area contributed by atoms with Crippen LogP contribution in [0.15, 0.2) is 33.7 Å². The Labute approximate surface area is 91.8 Å². The minimum Gasteiger partial charge on any atom is -0.326 e. The van der Waals surface area contributed by atoms with E-state index in [1.54, 1.807) is 0 Å². The van der Waals surface area contributed by atoms with Crippen LogP contribution >= 0.6 is 0 Å². The van der Waals surface area contributed by atoms with Gasteiger partial charge in [-0.15, -0.1) is 0 Å². The van der Waals surface area contributed by atoms with Crippen LogP contribution in [0.1, 0.15) is 6.92 Å². The SMILES string of the molecule is CC(=O)Nc1cccc(S(=O)(=O)N=[N+]=[N-])c1. The lowest BCUT2D eigenvalue weighted by molar-refractivity contribution is -0.114. The number of nitrogens with zero attached hydrogens (tertiary/aromatic N) is 3. The van der Waals surface area contributed by atoms with Crippen LogP contribution in [0.4, 0.5) is 5.69 Å². The lowest BCUT2D eigenvalue weighted by Gasteiger charge is -2.03. The van der Waals surface area contributed by atoms with Gasteiger partial charge in [-0.25, -0.2) is 8.42 Å². The normalized spacial score (nSPS) is 10.3. The number of benzene rings is 1. The summed E-state index contributed by atoms with van der Waals surface area (Å²) in [4.78, 5) is 12.8. The first-order valence-electron chi connectivity index (χ1n) is 4.15. The Morgan fingerprint density at radius 2 is 2.19 bits per heavy atom. The summed E-state index contributed by atoms with van der Waals surface area (Å²) in [5, 5.41) is 2.42. The first-order chi connectivity index (χ1) is 7.45. The summed E-state index contributed by atoms with van der Waals surface area (Å²) >= 11 is 0. The first-order valence-corrected chi connectivity index (χ1v) is 5.59. The lowest BCUT2D eigenvalue weighted by Crippen LogP contribution is -2.06. The second kappa shape index (κ2) is 4.65. The van der Waals surface area contributed by atoms with Gasteiger partial charge >= 0.3 is 0 Å². The Morgan fingerprint density at radius 3 is 2.75 bits per heavy atom. The van der Waals surface area contributed by atoms with Crippen molar-refractivity contribution in [3.63, 3.8) is 0 Å². The van der Waals surface area contributed by atoms with E-state index >= 15 is 0 Å². The zero-order chi connectivity index (χ0) is 12.2. The fourth-order valence-corrected chi connectivity index (χ4v) is 1.75. The highest BCUT2D eigenvalue weighted by Crippen LogP contribution is 2.17. The molecule has 1 rings (SSSR count). The fraction of sp³-hybridized carbons (Fsp3) is 0.125. The van der Waals surface area contributed by atoms with Crippen LogP contribution in [0.5, 0.6) is 0 Å². The molecule has 0 aliphatic heterocycles. The fourth-order valence-electron chi connectivity index (χ4n) is 1.03. The molecule has 0 heterocycles. The first kappa shape index (κ1) is 12.0. The van der Waals surface area contributed by atoms with Gasteiger partial charge in [-0.3, -0.25) is 4.79 Å². The molecule has 1 amide bonds. The maximum absolute atomic E-state index is 11.3. The van der Waals surface area contributed by atoms with Crippen molar-refractivity contribution in [3.05, 3.63) is 34.7 Å². The highest BCUT2D eigenvalue weighted by molar-refractivity contribution is 7.90. The Hall–Kier alpha value is -2.05. The maximum atomic E-state index is 11.3. The van der Waals surface area contributed by atoms with Gasteiger partial charge in [0.25, 0.3) is 10.0 Å². The van der Waals surface area contributed by atoms with E-state index in [0.29, 0.717) is 5.69 Å². The molecule has 1 aromatic carbocycles. The average Bonchev–Trinajstić information content (AvgIpc) is 2.17. The molecule has 0 aliphatic carbocycles. The van der Waals surface area contributed by atoms with E-state index in [-0.39, 0.29) is 10.8 Å². The number of hydrogen-bond donors (Lipinski definition) is 1. The minimum absolute atomic E-state index is 0.170. The Kier molecular flexibility index (Phi) is 3.49. The molecule has 1 N–H and O–H groups in total. The molecule has 0 radical (unpaired) electrons. The van der Waals surface area contributed by atoms with Gasteiger partial charge in [0.15, 0.2) is 0 Å². The molecule has 0 aromatic heterocycles. The number of carbonyl (C=O) groups excluding carboxylic acids is 1. The van der Waals surface area contributed by atoms with Gasteiger partial charge in [0.2, 0.25) is 5.91 Å². The summed E-state index contributed by atoms with van der Waals surface area (Å²) in [5.41, 5.74) is 8.41. The summed E-state index contributed by atoms with van der Waals surface area (Å²) in [6.07, 6.45) is 0. The van der Waals surface area contributed by atoms with Crippen LogP contribution < -0.4 is 5.32 Å². The van der Waals surface area contributed by atoms with Crippen molar-refractivity contribution in [3.8, 4) is 0 Å². The third-order valence-corrected chi connectivity index (χ3v) is 2.73. The van der Waals surface area contributed by atoms with Crippen LogP contribution in [-0.2, 0) is 14.8 Å². The summed E-state index contributed by atoms with van der Waals surface area (Å²) < 4.78 is 25.4. The number of sulfonamides is 1. The van der Waals surface area contributed by atoms with Crippen LogP contribution in [0, 0.1) is 0 Å². The molecular weight excluding hydrogens is 232 g/mol. The number of azide groups is 1. The van der Waals surface area contributed by atoms with Gasteiger partial charge in [-0.2, -0.15) is 0 Å². The standard InChI is InChI=1S/C8H8N4O3S/c1-6(13)10-7-3-2-4-8(5-7)16(14,15)12-11-9/h2-5H,1H3,(H,10,13). The predicted molar refractivity (Wildman–Crippen MR) is 57.1 cm³/mol. The number of nitrogens with one attached hydrogen (secondary N) is 1. The third-order valence-electron chi connectivity index (χ3n) is 1.60. The summed E-state index contributed by atoms with van der Waals surface area (Å²) in [7, 11) is -4.01. The number of carbonyl (C=O) groups is 1. The van der Waals surface area contributed by atoms with Gasteiger partial charge in [0, 0.05) is 22.0 Å². The Balaban J connectivity index is 3.17. The molecular formula is C8H8N4O3S. The minimum atomic E-state index is -4.01. The quantitative estimate of drug-likeness (QED) is 0.492. The molecule has 0 unspecified atom stereocenters. The number of hydrogen-bond acceptors (Lipinski definition) is 3. The van der Waals surface area contributed by atoms with Crippen LogP contribution in [0.25, 0.3) is 10.4 Å². The topological polar surface area (TPSA) is 112 Å². The molecule has 0 aliphatic rings. The molecule has 16 heavy (non-hydrogen) atoms. The van der Waals surface area contributed by atoms with Crippen molar-refractivity contribution in [2.45, 2.75) is 11.8 Å². The number of anilines is 1. The molecule has 8 heteroatoms. The molecule has 84 valence electrons. The van der Waals surface area contributed by atoms with Gasteiger partial charge in [0.1, 0.15) is 0 Å². The van der Waals surface area contributed by atoms with Crippen molar-refractivity contribution in [1.29, 1.82) is 0 Å². The van der Waals surface area contributed by atoms with Crippen LogP contribution in [0.3, 0.4) is 0 Å². The molecule has 0 atom stereocenters. The highest BCUT2D eigenvalue weighted by Gasteiger charge is 2.12. The van der Waals surface area contributed by atoms with Crippen molar-refractivity contribution < 1.29 is 13.2 Å². The van der Waals surface area contributed by atoms with Crippen LogP contribution in [-0.4, -0.2) is 14.3 Å². The molecule has 0 fully saturated rings. The number of rotatable bonds is 3. The highest BCUT2D eigenvalue weighted by atomic mass is 32.2. The molecule has 0 bridgehead atoms. The van der Waals surface area contributed by atoms with E-state index < -0.39 is 10.0 Å². The van der Waals surface area contributed by atoms with Crippen molar-refractivity contribution in [2.24, 2.45) is 4.52 Å². The maximum Gasteiger partial charge on any atom is 0.264 e. The second-order valence-corrected chi connectivity index (χ2v) is 4.44. The van der Waals surface area contributed by atoms with E-state index in [9.17, 15) is 13.2 Å². The van der Waals surface area contributed by atoms with E-state index in [0.717, 1.165) is 0 Å². The van der Waals surface area contributed by atoms with Gasteiger partial charge in [-0.1, -0.05) is 6.07 Å². The largest absolute Gasteiger partial charge is 0.326 e. The average molecular weight is 240 g/mol. The molecule has 7 nitrogen and oxygen atoms in total. The van der Waals surface area contributed by atoms with E-state index in [1.165, 1.54) is 31.2 Å². The van der Waals surface area contributed by atoms with E-state index in [4.69, 9.17) is 5.53 Å². The van der Waals surface area contributed by atoms with E-state index in [2.05, 4.69) is 14.7 Å². The third kappa shape index (κ3) is 2.97. The second-order valence-electron chi connectivity index (χ2n) is 2.86. The molecule has 0 saturated carbocycles. The Bertz CT molecular complexity index is 560. The van der Waals surface area contributed by atoms with Crippen molar-refractivity contribution in [2.75, 3.05) is 5.32 Å². The monoisotopic (exact) mass is 240 g/mol. The van der Waals surface area contributed by atoms with E-state index in [1.807, 2.05) is 0 Å². The predicted octanol–water partition coefficient (Wildman–Crippen LogP) is 1.64. The smallest absolute Gasteiger partial charge is 0.264 e. The van der Waals surface area contributed by atoms with Gasteiger partial charge in [-0.05, 0) is 23.7 Å². The van der Waals surface area contributed by atoms with Gasteiger partial charge < -0.3 is 5.32 Å². The number of amides is 1. The zero-order valence-corrected chi connectivity index (χ0v) is 9.10. The zero-order valence-electron chi connectivity index (χ0n) is 8.28. The molecule has 0 spiro atoms. The van der Waals surface area contributed by atoms with Crippen LogP contribution in [0.2, 0.25) is 0 Å². The van der Waals surface area contributed by atoms with Gasteiger partial charge in [0.05, 0.1) is 4.90 Å². The Morgan fingerprint density at radius 1 is 1.50 bits per heavy atom. The summed E-state index contributed by atoms with van der Waals surface area (Å²) in [6, 6.07) is 5.45.